The van der Waals surface area contributed by atoms with Gasteiger partial charge in [-0.15, -0.1) is 0 Å². The van der Waals surface area contributed by atoms with E-state index in [9.17, 15) is 8.42 Å². The Labute approximate surface area is 125 Å². The van der Waals surface area contributed by atoms with Crippen LogP contribution in [0.2, 0.25) is 5.02 Å². The number of nitrogens with one attached hydrogen (secondary N) is 1. The number of halogens is 1. The van der Waals surface area contributed by atoms with E-state index < -0.39 is 9.84 Å². The van der Waals surface area contributed by atoms with Gasteiger partial charge in [0.1, 0.15) is 0 Å². The predicted molar refractivity (Wildman–Crippen MR) is 79.8 cm³/mol. The van der Waals surface area contributed by atoms with Gasteiger partial charge in [-0.05, 0) is 37.4 Å². The SMILES string of the molecule is CS(=O)(=O)c1cccc(Cl)c1CNCC1CCOCC1. The zero-order valence-electron chi connectivity index (χ0n) is 11.6. The Bertz CT molecular complexity index is 554. The molecule has 0 atom stereocenters. The average molecular weight is 318 g/mol. The fraction of sp³-hybridized carbons (Fsp3) is 0.571. The van der Waals surface area contributed by atoms with Gasteiger partial charge in [-0.25, -0.2) is 8.42 Å². The molecule has 6 heteroatoms. The first-order valence-corrected chi connectivity index (χ1v) is 9.01. The minimum absolute atomic E-state index is 0.310. The summed E-state index contributed by atoms with van der Waals surface area (Å²) in [6.07, 6.45) is 3.31. The fourth-order valence-corrected chi connectivity index (χ4v) is 3.66. The zero-order valence-corrected chi connectivity index (χ0v) is 13.1. The lowest BCUT2D eigenvalue weighted by atomic mass is 10.0. The topological polar surface area (TPSA) is 55.4 Å². The Morgan fingerprint density at radius 1 is 1.35 bits per heavy atom. The van der Waals surface area contributed by atoms with Crippen LogP contribution in [0.25, 0.3) is 0 Å². The van der Waals surface area contributed by atoms with Crippen molar-refractivity contribution in [3.8, 4) is 0 Å². The van der Waals surface area contributed by atoms with Gasteiger partial charge in [-0.2, -0.15) is 0 Å². The molecule has 1 saturated heterocycles. The van der Waals surface area contributed by atoms with Crippen molar-refractivity contribution in [2.45, 2.75) is 24.3 Å². The predicted octanol–water partition coefficient (Wildman–Crippen LogP) is 2.26. The first-order valence-electron chi connectivity index (χ1n) is 6.74. The van der Waals surface area contributed by atoms with Crippen molar-refractivity contribution in [1.82, 2.24) is 5.32 Å². The molecule has 1 aliphatic rings. The third kappa shape index (κ3) is 4.19. The van der Waals surface area contributed by atoms with Crippen molar-refractivity contribution in [2.24, 2.45) is 5.92 Å². The van der Waals surface area contributed by atoms with Crippen LogP contribution in [-0.2, 0) is 21.1 Å². The highest BCUT2D eigenvalue weighted by Crippen LogP contribution is 2.24. The lowest BCUT2D eigenvalue weighted by Crippen LogP contribution is -2.28. The number of sulfone groups is 1. The molecular weight excluding hydrogens is 298 g/mol. The molecule has 1 aromatic rings. The number of rotatable bonds is 5. The highest BCUT2D eigenvalue weighted by atomic mass is 35.5. The molecule has 0 radical (unpaired) electrons. The van der Waals surface area contributed by atoms with Gasteiger partial charge in [0.05, 0.1) is 4.90 Å². The summed E-state index contributed by atoms with van der Waals surface area (Å²) in [5.41, 5.74) is 0.656. The Balaban J connectivity index is 2.01. The highest BCUT2D eigenvalue weighted by molar-refractivity contribution is 7.90. The van der Waals surface area contributed by atoms with Crippen LogP contribution in [-0.4, -0.2) is 34.4 Å². The van der Waals surface area contributed by atoms with E-state index in [2.05, 4.69) is 5.32 Å². The van der Waals surface area contributed by atoms with E-state index in [1.165, 1.54) is 6.26 Å². The summed E-state index contributed by atoms with van der Waals surface area (Å²) in [6.45, 7) is 2.96. The van der Waals surface area contributed by atoms with Crippen LogP contribution in [0.1, 0.15) is 18.4 Å². The van der Waals surface area contributed by atoms with E-state index in [-0.39, 0.29) is 0 Å². The molecule has 0 saturated carbocycles. The minimum atomic E-state index is -3.26. The van der Waals surface area contributed by atoms with Crippen LogP contribution < -0.4 is 5.32 Å². The molecule has 1 N–H and O–H groups in total. The lowest BCUT2D eigenvalue weighted by Gasteiger charge is -2.22. The van der Waals surface area contributed by atoms with Crippen LogP contribution in [0.5, 0.6) is 0 Å². The second-order valence-electron chi connectivity index (χ2n) is 5.18. The molecule has 1 aromatic carbocycles. The molecule has 0 unspecified atom stereocenters. The van der Waals surface area contributed by atoms with Crippen molar-refractivity contribution in [1.29, 1.82) is 0 Å². The molecule has 112 valence electrons. The molecule has 20 heavy (non-hydrogen) atoms. The summed E-state index contributed by atoms with van der Waals surface area (Å²) < 4.78 is 28.9. The lowest BCUT2D eigenvalue weighted by molar-refractivity contribution is 0.0662. The Hall–Kier alpha value is -0.620. The first-order chi connectivity index (χ1) is 9.48. The summed E-state index contributed by atoms with van der Waals surface area (Å²) in [5, 5.41) is 3.81. The summed E-state index contributed by atoms with van der Waals surface area (Å²) in [4.78, 5) is 0.310. The van der Waals surface area contributed by atoms with E-state index in [1.54, 1.807) is 18.2 Å². The number of ether oxygens (including phenoxy) is 1. The van der Waals surface area contributed by atoms with Gasteiger partial charge in [0.15, 0.2) is 9.84 Å². The average Bonchev–Trinajstić information content (AvgIpc) is 2.40. The zero-order chi connectivity index (χ0) is 14.6. The molecule has 0 aromatic heterocycles. The minimum Gasteiger partial charge on any atom is -0.381 e. The molecule has 2 rings (SSSR count). The molecule has 1 fully saturated rings. The van der Waals surface area contributed by atoms with Crippen molar-refractivity contribution in [3.05, 3.63) is 28.8 Å². The maximum atomic E-state index is 11.8. The Morgan fingerprint density at radius 3 is 2.70 bits per heavy atom. The fourth-order valence-electron chi connectivity index (χ4n) is 2.41. The monoisotopic (exact) mass is 317 g/mol. The summed E-state index contributed by atoms with van der Waals surface area (Å²) >= 11 is 6.13. The second kappa shape index (κ2) is 6.89. The van der Waals surface area contributed by atoms with Crippen LogP contribution in [0, 0.1) is 5.92 Å². The van der Waals surface area contributed by atoms with Gasteiger partial charge in [-0.3, -0.25) is 0 Å². The number of benzene rings is 1. The van der Waals surface area contributed by atoms with Crippen LogP contribution >= 0.6 is 11.6 Å². The third-order valence-electron chi connectivity index (χ3n) is 3.55. The van der Waals surface area contributed by atoms with Crippen molar-refractivity contribution in [2.75, 3.05) is 26.0 Å². The number of hydrogen-bond acceptors (Lipinski definition) is 4. The van der Waals surface area contributed by atoms with E-state index in [0.717, 1.165) is 32.6 Å². The van der Waals surface area contributed by atoms with E-state index >= 15 is 0 Å². The first kappa shape index (κ1) is 15.8. The highest BCUT2D eigenvalue weighted by Gasteiger charge is 2.17. The van der Waals surface area contributed by atoms with Gasteiger partial charge < -0.3 is 10.1 Å². The van der Waals surface area contributed by atoms with Gasteiger partial charge >= 0.3 is 0 Å². The van der Waals surface area contributed by atoms with Crippen LogP contribution in [0.15, 0.2) is 23.1 Å². The largest absolute Gasteiger partial charge is 0.381 e. The molecule has 1 aliphatic heterocycles. The normalized spacial score (nSPS) is 17.3. The van der Waals surface area contributed by atoms with Crippen molar-refractivity contribution < 1.29 is 13.2 Å². The van der Waals surface area contributed by atoms with Gasteiger partial charge in [0.2, 0.25) is 0 Å². The quantitative estimate of drug-likeness (QED) is 0.905. The van der Waals surface area contributed by atoms with Gasteiger partial charge in [0, 0.05) is 36.6 Å². The third-order valence-corrected chi connectivity index (χ3v) is 5.09. The van der Waals surface area contributed by atoms with E-state index in [1.807, 2.05) is 0 Å². The smallest absolute Gasteiger partial charge is 0.175 e. The number of hydrogen-bond donors (Lipinski definition) is 1. The van der Waals surface area contributed by atoms with Gasteiger partial charge in [0.25, 0.3) is 0 Å². The maximum absolute atomic E-state index is 11.8. The second-order valence-corrected chi connectivity index (χ2v) is 7.57. The molecule has 0 aliphatic carbocycles. The maximum Gasteiger partial charge on any atom is 0.175 e. The van der Waals surface area contributed by atoms with Gasteiger partial charge in [-0.1, -0.05) is 17.7 Å². The molecule has 0 amide bonds. The molecule has 0 bridgehead atoms. The summed E-state index contributed by atoms with van der Waals surface area (Å²) in [6, 6.07) is 5.00. The summed E-state index contributed by atoms with van der Waals surface area (Å²) in [5.74, 6) is 0.591. The van der Waals surface area contributed by atoms with E-state index in [0.29, 0.717) is 27.9 Å². The van der Waals surface area contributed by atoms with Crippen LogP contribution in [0.4, 0.5) is 0 Å². The molecular formula is C14H20ClNO3S. The summed E-state index contributed by atoms with van der Waals surface area (Å²) in [7, 11) is -3.26. The molecule has 1 heterocycles. The Kier molecular flexibility index (Phi) is 5.43. The van der Waals surface area contributed by atoms with Crippen molar-refractivity contribution >= 4 is 21.4 Å². The van der Waals surface area contributed by atoms with Crippen LogP contribution in [0.3, 0.4) is 0 Å². The Morgan fingerprint density at radius 2 is 2.05 bits per heavy atom. The van der Waals surface area contributed by atoms with E-state index in [4.69, 9.17) is 16.3 Å². The standard InChI is InChI=1S/C14H20ClNO3S/c1-20(17,18)14-4-2-3-13(15)12(14)10-16-9-11-5-7-19-8-6-11/h2-4,11,16H,5-10H2,1H3. The van der Waals surface area contributed by atoms with Crippen molar-refractivity contribution in [3.63, 3.8) is 0 Å². The molecule has 4 nitrogen and oxygen atoms in total. The molecule has 0 spiro atoms.